The Hall–Kier alpha value is -2.38. The predicted octanol–water partition coefficient (Wildman–Crippen LogP) is 2.67. The molecule has 1 aromatic carbocycles. The molecule has 2 rings (SSSR count). The number of hydrogen-bond acceptors (Lipinski definition) is 2. The second-order valence-corrected chi connectivity index (χ2v) is 4.81. The minimum atomic E-state index is -4.06. The monoisotopic (exact) mass is 315 g/mol. The molecular weight excluding hydrogens is 302 g/mol. The van der Waals surface area contributed by atoms with Crippen LogP contribution in [0.3, 0.4) is 0 Å². The maximum absolute atomic E-state index is 14.0. The second kappa shape index (κ2) is 5.78. The third-order valence-corrected chi connectivity index (χ3v) is 3.16. The van der Waals surface area contributed by atoms with Crippen LogP contribution in [0.25, 0.3) is 0 Å². The van der Waals surface area contributed by atoms with E-state index in [2.05, 4.69) is 10.4 Å². The van der Waals surface area contributed by atoms with Crippen molar-refractivity contribution in [1.29, 1.82) is 0 Å². The number of aromatic nitrogens is 2. The lowest BCUT2D eigenvalue weighted by atomic mass is 10.1. The Morgan fingerprint density at radius 1 is 1.27 bits per heavy atom. The van der Waals surface area contributed by atoms with E-state index in [-0.39, 0.29) is 0 Å². The van der Waals surface area contributed by atoms with E-state index in [0.717, 1.165) is 0 Å². The van der Waals surface area contributed by atoms with Gasteiger partial charge in [-0.05, 0) is 25.1 Å². The lowest BCUT2D eigenvalue weighted by Gasteiger charge is -2.20. The SMILES string of the molecule is CC(NC(=O)C(F)(F)c1cc(F)cc(F)c1)c1ccnn1C. The first kappa shape index (κ1) is 16.0. The van der Waals surface area contributed by atoms with Gasteiger partial charge in [0.05, 0.1) is 11.7 Å². The summed E-state index contributed by atoms with van der Waals surface area (Å²) in [6, 6.07) is 2.12. The Labute approximate surface area is 123 Å². The average molecular weight is 315 g/mol. The van der Waals surface area contributed by atoms with Gasteiger partial charge in [0.15, 0.2) is 0 Å². The number of amides is 1. The Kier molecular flexibility index (Phi) is 4.20. The molecule has 0 saturated heterocycles. The number of alkyl halides is 2. The van der Waals surface area contributed by atoms with Crippen molar-refractivity contribution in [1.82, 2.24) is 15.1 Å². The van der Waals surface area contributed by atoms with E-state index in [9.17, 15) is 22.4 Å². The van der Waals surface area contributed by atoms with E-state index in [4.69, 9.17) is 0 Å². The summed E-state index contributed by atoms with van der Waals surface area (Å²) in [5.41, 5.74) is -0.533. The summed E-state index contributed by atoms with van der Waals surface area (Å²) in [6.45, 7) is 1.50. The summed E-state index contributed by atoms with van der Waals surface area (Å²) in [7, 11) is 1.60. The molecule has 1 amide bonds. The standard InChI is InChI=1S/C14H13F4N3O/c1-8(12-3-4-19-21(12)2)20-13(22)14(17,18)9-5-10(15)7-11(16)6-9/h3-8H,1-2H3,(H,20,22). The van der Waals surface area contributed by atoms with Crippen molar-refractivity contribution in [2.75, 3.05) is 0 Å². The Bertz CT molecular complexity index is 679. The molecule has 0 radical (unpaired) electrons. The van der Waals surface area contributed by atoms with Crippen LogP contribution in [-0.2, 0) is 17.8 Å². The van der Waals surface area contributed by atoms with Crippen LogP contribution in [0.2, 0.25) is 0 Å². The number of nitrogens with zero attached hydrogens (tertiary/aromatic N) is 2. The molecule has 8 heteroatoms. The molecule has 1 atom stereocenters. The fraction of sp³-hybridized carbons (Fsp3) is 0.286. The van der Waals surface area contributed by atoms with E-state index in [1.807, 2.05) is 0 Å². The van der Waals surface area contributed by atoms with Crippen LogP contribution >= 0.6 is 0 Å². The van der Waals surface area contributed by atoms with Crippen molar-refractivity contribution in [3.05, 3.63) is 53.4 Å². The van der Waals surface area contributed by atoms with Crippen LogP contribution in [-0.4, -0.2) is 15.7 Å². The van der Waals surface area contributed by atoms with Crippen molar-refractivity contribution in [2.45, 2.75) is 18.9 Å². The maximum atomic E-state index is 14.0. The van der Waals surface area contributed by atoms with Crippen LogP contribution in [0.1, 0.15) is 24.2 Å². The topological polar surface area (TPSA) is 46.9 Å². The van der Waals surface area contributed by atoms with Crippen molar-refractivity contribution in [2.24, 2.45) is 7.05 Å². The van der Waals surface area contributed by atoms with Crippen molar-refractivity contribution >= 4 is 5.91 Å². The molecular formula is C14H13F4N3O. The fourth-order valence-electron chi connectivity index (χ4n) is 2.04. The molecule has 1 unspecified atom stereocenters. The fourth-order valence-corrected chi connectivity index (χ4v) is 2.04. The number of carbonyl (C=O) groups is 1. The van der Waals surface area contributed by atoms with E-state index in [0.29, 0.717) is 23.9 Å². The van der Waals surface area contributed by atoms with E-state index in [1.54, 1.807) is 13.1 Å². The Morgan fingerprint density at radius 2 is 1.86 bits per heavy atom. The summed E-state index contributed by atoms with van der Waals surface area (Å²) < 4.78 is 55.6. The first-order valence-corrected chi connectivity index (χ1v) is 6.35. The van der Waals surface area contributed by atoms with Crippen LogP contribution in [0, 0.1) is 11.6 Å². The second-order valence-electron chi connectivity index (χ2n) is 4.81. The van der Waals surface area contributed by atoms with Gasteiger partial charge >= 0.3 is 5.92 Å². The molecule has 1 N–H and O–H groups in total. The zero-order chi connectivity index (χ0) is 16.5. The molecule has 0 aliphatic rings. The smallest absolute Gasteiger partial charge is 0.342 e. The Morgan fingerprint density at radius 3 is 2.36 bits per heavy atom. The van der Waals surface area contributed by atoms with Crippen molar-refractivity contribution < 1.29 is 22.4 Å². The number of rotatable bonds is 4. The van der Waals surface area contributed by atoms with Crippen LogP contribution in [0.4, 0.5) is 17.6 Å². The molecule has 4 nitrogen and oxygen atoms in total. The Balaban J connectivity index is 2.22. The molecule has 1 heterocycles. The van der Waals surface area contributed by atoms with Crippen LogP contribution in [0.15, 0.2) is 30.5 Å². The van der Waals surface area contributed by atoms with Gasteiger partial charge in [0.2, 0.25) is 0 Å². The van der Waals surface area contributed by atoms with Crippen molar-refractivity contribution in [3.63, 3.8) is 0 Å². The highest BCUT2D eigenvalue weighted by Crippen LogP contribution is 2.30. The molecule has 118 valence electrons. The maximum Gasteiger partial charge on any atom is 0.349 e. The molecule has 0 spiro atoms. The van der Waals surface area contributed by atoms with Crippen LogP contribution < -0.4 is 5.32 Å². The number of carbonyl (C=O) groups excluding carboxylic acids is 1. The first-order valence-electron chi connectivity index (χ1n) is 6.35. The van der Waals surface area contributed by atoms with Gasteiger partial charge in [-0.25, -0.2) is 8.78 Å². The normalized spacial score (nSPS) is 13.0. The number of halogens is 4. The summed E-state index contributed by atoms with van der Waals surface area (Å²) >= 11 is 0. The zero-order valence-electron chi connectivity index (χ0n) is 11.8. The zero-order valence-corrected chi connectivity index (χ0v) is 11.8. The van der Waals surface area contributed by atoms with Gasteiger partial charge in [0, 0.05) is 24.9 Å². The molecule has 0 aliphatic carbocycles. The molecule has 2 aromatic rings. The lowest BCUT2D eigenvalue weighted by molar-refractivity contribution is -0.147. The van der Waals surface area contributed by atoms with Gasteiger partial charge in [-0.3, -0.25) is 9.48 Å². The third-order valence-electron chi connectivity index (χ3n) is 3.16. The van der Waals surface area contributed by atoms with Gasteiger partial charge < -0.3 is 5.32 Å². The van der Waals surface area contributed by atoms with Gasteiger partial charge in [0.25, 0.3) is 5.91 Å². The summed E-state index contributed by atoms with van der Waals surface area (Å²) in [5.74, 6) is -8.06. The lowest BCUT2D eigenvalue weighted by Crippen LogP contribution is -2.40. The van der Waals surface area contributed by atoms with E-state index < -0.39 is 35.1 Å². The molecule has 0 bridgehead atoms. The molecule has 0 fully saturated rings. The van der Waals surface area contributed by atoms with Gasteiger partial charge in [-0.2, -0.15) is 13.9 Å². The predicted molar refractivity (Wildman–Crippen MR) is 70.0 cm³/mol. The molecule has 22 heavy (non-hydrogen) atoms. The highest BCUT2D eigenvalue weighted by Gasteiger charge is 2.42. The van der Waals surface area contributed by atoms with Gasteiger partial charge in [0.1, 0.15) is 11.6 Å². The largest absolute Gasteiger partial charge is 0.349 e. The highest BCUT2D eigenvalue weighted by molar-refractivity contribution is 5.85. The number of hydrogen-bond donors (Lipinski definition) is 1. The third kappa shape index (κ3) is 3.10. The van der Waals surface area contributed by atoms with Gasteiger partial charge in [-0.15, -0.1) is 0 Å². The molecule has 0 saturated carbocycles. The molecule has 1 aromatic heterocycles. The number of benzene rings is 1. The highest BCUT2D eigenvalue weighted by atomic mass is 19.3. The number of aryl methyl sites for hydroxylation is 1. The summed E-state index contributed by atoms with van der Waals surface area (Å²) in [6.07, 6.45) is 1.46. The van der Waals surface area contributed by atoms with Crippen molar-refractivity contribution in [3.8, 4) is 0 Å². The quantitative estimate of drug-likeness (QED) is 0.882. The molecule has 0 aliphatic heterocycles. The minimum absolute atomic E-state index is 0.428. The van der Waals surface area contributed by atoms with Crippen LogP contribution in [0.5, 0.6) is 0 Å². The van der Waals surface area contributed by atoms with E-state index >= 15 is 0 Å². The first-order chi connectivity index (χ1) is 10.2. The summed E-state index contributed by atoms with van der Waals surface area (Å²) in [4.78, 5) is 11.8. The van der Waals surface area contributed by atoms with Gasteiger partial charge in [-0.1, -0.05) is 0 Å². The average Bonchev–Trinajstić information content (AvgIpc) is 2.83. The summed E-state index contributed by atoms with van der Waals surface area (Å²) in [5, 5.41) is 5.97. The number of nitrogens with one attached hydrogen (secondary N) is 1. The van der Waals surface area contributed by atoms with E-state index in [1.165, 1.54) is 17.8 Å². The minimum Gasteiger partial charge on any atom is -0.342 e.